The predicted octanol–water partition coefficient (Wildman–Crippen LogP) is 4.02. The number of nitrogens with one attached hydrogen (secondary N) is 2. The van der Waals surface area contributed by atoms with E-state index in [0.29, 0.717) is 28.4 Å². The molecule has 2 heterocycles. The lowest BCUT2D eigenvalue weighted by Crippen LogP contribution is -2.34. The van der Waals surface area contributed by atoms with Crippen LogP contribution >= 0.6 is 12.2 Å². The van der Waals surface area contributed by atoms with Crippen LogP contribution in [0.25, 0.3) is 22.7 Å². The zero-order valence-corrected chi connectivity index (χ0v) is 14.9. The number of pyridine rings is 1. The number of oxazole rings is 1. The van der Waals surface area contributed by atoms with Gasteiger partial charge in [0.2, 0.25) is 5.89 Å². The lowest BCUT2D eigenvalue weighted by atomic mass is 10.2. The van der Waals surface area contributed by atoms with Crippen molar-refractivity contribution in [3.05, 3.63) is 78.5 Å². The second kappa shape index (κ2) is 7.35. The molecule has 0 fully saturated rings. The molecule has 4 rings (SSSR count). The fourth-order valence-corrected chi connectivity index (χ4v) is 2.76. The molecule has 0 aliphatic rings. The first-order valence-electron chi connectivity index (χ1n) is 8.18. The third kappa shape index (κ3) is 3.83. The van der Waals surface area contributed by atoms with E-state index < -0.39 is 0 Å². The van der Waals surface area contributed by atoms with Crippen LogP contribution in [0.4, 0.5) is 5.69 Å². The number of rotatable bonds is 3. The standard InChI is InChI=1S/C20H14N4O2S/c25-18(13-6-2-1-3-7-13)24-20(27)22-15-9-4-8-14(12-15)19-23-17-16(26-19)10-5-11-21-17/h1-12H,(H2,22,24,25,27). The van der Waals surface area contributed by atoms with Crippen LogP contribution in [0.2, 0.25) is 0 Å². The first-order chi connectivity index (χ1) is 13.2. The topological polar surface area (TPSA) is 80.0 Å². The summed E-state index contributed by atoms with van der Waals surface area (Å²) in [6.45, 7) is 0. The van der Waals surface area contributed by atoms with Crippen LogP contribution in [0.15, 0.2) is 77.3 Å². The molecule has 7 heteroatoms. The molecule has 2 N–H and O–H groups in total. The van der Waals surface area contributed by atoms with Crippen LogP contribution in [0.1, 0.15) is 10.4 Å². The molecular weight excluding hydrogens is 360 g/mol. The molecule has 4 aromatic rings. The van der Waals surface area contributed by atoms with Gasteiger partial charge in [-0.1, -0.05) is 24.3 Å². The van der Waals surface area contributed by atoms with Crippen molar-refractivity contribution in [1.82, 2.24) is 15.3 Å². The van der Waals surface area contributed by atoms with Gasteiger partial charge in [-0.15, -0.1) is 0 Å². The Kier molecular flexibility index (Phi) is 4.59. The van der Waals surface area contributed by atoms with Gasteiger partial charge in [-0.25, -0.2) is 4.98 Å². The van der Waals surface area contributed by atoms with Gasteiger partial charge in [0.15, 0.2) is 16.3 Å². The smallest absolute Gasteiger partial charge is 0.257 e. The van der Waals surface area contributed by atoms with E-state index >= 15 is 0 Å². The van der Waals surface area contributed by atoms with Crippen LogP contribution in [-0.4, -0.2) is 21.0 Å². The molecule has 132 valence electrons. The van der Waals surface area contributed by atoms with Crippen LogP contribution in [-0.2, 0) is 0 Å². The molecule has 0 aliphatic carbocycles. The first kappa shape index (κ1) is 16.9. The zero-order chi connectivity index (χ0) is 18.6. The summed E-state index contributed by atoms with van der Waals surface area (Å²) in [5.74, 6) is 0.195. The Balaban J connectivity index is 1.49. The highest BCUT2D eigenvalue weighted by Crippen LogP contribution is 2.25. The fourth-order valence-electron chi connectivity index (χ4n) is 2.55. The number of fused-ring (bicyclic) bond motifs is 1. The monoisotopic (exact) mass is 374 g/mol. The molecule has 0 bridgehead atoms. The summed E-state index contributed by atoms with van der Waals surface area (Å²) in [7, 11) is 0. The molecule has 0 unspecified atom stereocenters. The Morgan fingerprint density at radius 2 is 1.85 bits per heavy atom. The van der Waals surface area contributed by atoms with E-state index in [2.05, 4.69) is 20.6 Å². The molecule has 0 aliphatic heterocycles. The largest absolute Gasteiger partial charge is 0.434 e. The number of nitrogens with zero attached hydrogens (tertiary/aromatic N) is 2. The number of amides is 1. The van der Waals surface area contributed by atoms with Crippen molar-refractivity contribution in [1.29, 1.82) is 0 Å². The van der Waals surface area contributed by atoms with Crippen molar-refractivity contribution in [2.45, 2.75) is 0 Å². The summed E-state index contributed by atoms with van der Waals surface area (Å²) in [6, 6.07) is 19.9. The molecule has 0 saturated carbocycles. The minimum absolute atomic E-state index is 0.209. The van der Waals surface area contributed by atoms with E-state index in [4.69, 9.17) is 16.6 Å². The molecule has 0 radical (unpaired) electrons. The van der Waals surface area contributed by atoms with E-state index in [0.717, 1.165) is 5.56 Å². The molecule has 2 aromatic heterocycles. The molecule has 0 atom stereocenters. The Morgan fingerprint density at radius 3 is 2.67 bits per heavy atom. The van der Waals surface area contributed by atoms with Gasteiger partial charge in [-0.3, -0.25) is 10.1 Å². The lowest BCUT2D eigenvalue weighted by molar-refractivity contribution is 0.0977. The maximum Gasteiger partial charge on any atom is 0.257 e. The van der Waals surface area contributed by atoms with Gasteiger partial charge in [0, 0.05) is 23.0 Å². The van der Waals surface area contributed by atoms with Crippen molar-refractivity contribution in [3.63, 3.8) is 0 Å². The van der Waals surface area contributed by atoms with Crippen molar-refractivity contribution in [3.8, 4) is 11.5 Å². The van der Waals surface area contributed by atoms with E-state index in [1.807, 2.05) is 36.4 Å². The van der Waals surface area contributed by atoms with Gasteiger partial charge in [-0.05, 0) is 54.7 Å². The molecular formula is C20H14N4O2S. The third-order valence-corrected chi connectivity index (χ3v) is 4.00. The van der Waals surface area contributed by atoms with Crippen molar-refractivity contribution in [2.24, 2.45) is 0 Å². The summed E-state index contributed by atoms with van der Waals surface area (Å²) in [4.78, 5) is 20.7. The summed E-state index contributed by atoms with van der Waals surface area (Å²) in [5, 5.41) is 5.87. The Morgan fingerprint density at radius 1 is 1.00 bits per heavy atom. The Bertz CT molecular complexity index is 1090. The number of hydrogen-bond donors (Lipinski definition) is 2. The molecule has 2 aromatic carbocycles. The minimum Gasteiger partial charge on any atom is -0.434 e. The van der Waals surface area contributed by atoms with E-state index in [1.54, 1.807) is 36.5 Å². The van der Waals surface area contributed by atoms with Gasteiger partial charge >= 0.3 is 0 Å². The SMILES string of the molecule is O=C(NC(=S)Nc1cccc(-c2nc3ncccc3o2)c1)c1ccccc1. The first-order valence-corrected chi connectivity index (χ1v) is 8.59. The highest BCUT2D eigenvalue weighted by atomic mass is 32.1. The van der Waals surface area contributed by atoms with E-state index in [9.17, 15) is 4.79 Å². The summed E-state index contributed by atoms with van der Waals surface area (Å²) < 4.78 is 5.73. The number of carbonyl (C=O) groups is 1. The zero-order valence-electron chi connectivity index (χ0n) is 14.0. The average molecular weight is 374 g/mol. The summed E-state index contributed by atoms with van der Waals surface area (Å²) in [6.07, 6.45) is 1.67. The quantitative estimate of drug-likeness (QED) is 0.527. The number of aromatic nitrogens is 2. The van der Waals surface area contributed by atoms with Crippen LogP contribution in [0.5, 0.6) is 0 Å². The van der Waals surface area contributed by atoms with Gasteiger partial charge in [0.05, 0.1) is 0 Å². The normalized spacial score (nSPS) is 10.5. The van der Waals surface area contributed by atoms with Gasteiger partial charge in [-0.2, -0.15) is 4.98 Å². The maximum atomic E-state index is 12.2. The molecule has 0 saturated heterocycles. The Hall–Kier alpha value is -3.58. The number of carbonyl (C=O) groups excluding carboxylic acids is 1. The molecule has 27 heavy (non-hydrogen) atoms. The fraction of sp³-hybridized carbons (Fsp3) is 0. The van der Waals surface area contributed by atoms with Crippen molar-refractivity contribution < 1.29 is 9.21 Å². The highest BCUT2D eigenvalue weighted by molar-refractivity contribution is 7.80. The van der Waals surface area contributed by atoms with Gasteiger partial charge in [0.25, 0.3) is 5.91 Å². The minimum atomic E-state index is -0.269. The second-order valence-corrected chi connectivity index (χ2v) is 6.11. The van der Waals surface area contributed by atoms with Crippen LogP contribution in [0.3, 0.4) is 0 Å². The maximum absolute atomic E-state index is 12.2. The van der Waals surface area contributed by atoms with Gasteiger partial charge in [0.1, 0.15) is 0 Å². The molecule has 1 amide bonds. The summed E-state index contributed by atoms with van der Waals surface area (Å²) in [5.41, 5.74) is 3.19. The second-order valence-electron chi connectivity index (χ2n) is 5.70. The van der Waals surface area contributed by atoms with Gasteiger partial charge < -0.3 is 9.73 Å². The number of hydrogen-bond acceptors (Lipinski definition) is 5. The number of anilines is 1. The van der Waals surface area contributed by atoms with E-state index in [1.165, 1.54) is 0 Å². The average Bonchev–Trinajstić information content (AvgIpc) is 3.13. The molecule has 0 spiro atoms. The van der Waals surface area contributed by atoms with Crippen molar-refractivity contribution >= 4 is 40.2 Å². The van der Waals surface area contributed by atoms with Crippen LogP contribution < -0.4 is 10.6 Å². The Labute approximate surface area is 160 Å². The number of benzene rings is 2. The summed E-state index contributed by atoms with van der Waals surface area (Å²) >= 11 is 5.23. The van der Waals surface area contributed by atoms with Crippen LogP contribution in [0, 0.1) is 0 Å². The third-order valence-electron chi connectivity index (χ3n) is 3.80. The van der Waals surface area contributed by atoms with E-state index in [-0.39, 0.29) is 11.0 Å². The van der Waals surface area contributed by atoms with Crippen molar-refractivity contribution in [2.75, 3.05) is 5.32 Å². The molecule has 6 nitrogen and oxygen atoms in total. The lowest BCUT2D eigenvalue weighted by Gasteiger charge is -2.10. The predicted molar refractivity (Wildman–Crippen MR) is 107 cm³/mol. The number of thiocarbonyl (C=S) groups is 1. The highest BCUT2D eigenvalue weighted by Gasteiger charge is 2.11.